The molecule has 1 saturated heterocycles. The molecule has 2 aromatic carbocycles. The number of ether oxygens (including phenoxy) is 2. The number of hydrogen-bond donors (Lipinski definition) is 4. The standard InChI is InChI=1S/C26H30N6O6S/c1-37-15-19-22(33)23(34)26(38-19)32-16-28-21-24(27-13-12-17-8-4-2-5-9-17)30-20(31-25(21)32)14-29-39(35,36)18-10-6-3-7-11-18/h2-11,16,19,22-23,26,29,33-34H,12-15H2,1H3,(H,27,30,31)/t19-,22-,23-,26-/m1/s1. The highest BCUT2D eigenvalue weighted by Crippen LogP contribution is 2.32. The van der Waals surface area contributed by atoms with Crippen LogP contribution in [0.4, 0.5) is 5.82 Å². The van der Waals surface area contributed by atoms with Crippen LogP contribution in [-0.2, 0) is 32.5 Å². The predicted molar refractivity (Wildman–Crippen MR) is 142 cm³/mol. The third-order valence-corrected chi connectivity index (χ3v) is 7.85. The summed E-state index contributed by atoms with van der Waals surface area (Å²) in [6, 6.07) is 17.9. The second kappa shape index (κ2) is 11.7. The van der Waals surface area contributed by atoms with Gasteiger partial charge in [0.1, 0.15) is 24.1 Å². The zero-order chi connectivity index (χ0) is 27.4. The fraction of sp³-hybridized carbons (Fsp3) is 0.346. The molecule has 4 atom stereocenters. The van der Waals surface area contributed by atoms with Crippen molar-refractivity contribution in [3.63, 3.8) is 0 Å². The van der Waals surface area contributed by atoms with Crippen molar-refractivity contribution in [1.29, 1.82) is 0 Å². The van der Waals surface area contributed by atoms with Crippen LogP contribution in [-0.4, -0.2) is 76.7 Å². The third-order valence-electron chi connectivity index (χ3n) is 6.43. The minimum Gasteiger partial charge on any atom is -0.387 e. The minimum atomic E-state index is -3.80. The lowest BCUT2D eigenvalue weighted by molar-refractivity contribution is -0.0580. The first kappa shape index (κ1) is 27.1. The Bertz CT molecular complexity index is 1500. The maximum absolute atomic E-state index is 12.8. The highest BCUT2D eigenvalue weighted by atomic mass is 32.2. The van der Waals surface area contributed by atoms with Crippen LogP contribution < -0.4 is 10.0 Å². The largest absolute Gasteiger partial charge is 0.387 e. The van der Waals surface area contributed by atoms with E-state index in [1.807, 2.05) is 30.3 Å². The van der Waals surface area contributed by atoms with Gasteiger partial charge >= 0.3 is 0 Å². The van der Waals surface area contributed by atoms with Gasteiger partial charge in [-0.05, 0) is 24.1 Å². The Labute approximate surface area is 225 Å². The average Bonchev–Trinajstić information content (AvgIpc) is 3.49. The molecular formula is C26H30N6O6S. The van der Waals surface area contributed by atoms with Gasteiger partial charge in [0.2, 0.25) is 10.0 Å². The molecule has 4 N–H and O–H groups in total. The van der Waals surface area contributed by atoms with Crippen LogP contribution in [0.15, 0.2) is 71.9 Å². The van der Waals surface area contributed by atoms with Crippen molar-refractivity contribution >= 4 is 27.0 Å². The molecule has 1 aliphatic rings. The van der Waals surface area contributed by atoms with E-state index in [4.69, 9.17) is 9.47 Å². The number of methoxy groups -OCH3 is 1. The number of hydrogen-bond acceptors (Lipinski definition) is 10. The number of rotatable bonds is 11. The smallest absolute Gasteiger partial charge is 0.240 e. The molecule has 0 saturated carbocycles. The van der Waals surface area contributed by atoms with Crippen LogP contribution in [0.1, 0.15) is 17.6 Å². The Morgan fingerprint density at radius 2 is 1.74 bits per heavy atom. The van der Waals surface area contributed by atoms with Crippen molar-refractivity contribution in [3.8, 4) is 0 Å². The lowest BCUT2D eigenvalue weighted by Gasteiger charge is -2.17. The van der Waals surface area contributed by atoms with Gasteiger partial charge in [-0.1, -0.05) is 48.5 Å². The van der Waals surface area contributed by atoms with E-state index >= 15 is 0 Å². The topological polar surface area (TPSA) is 161 Å². The highest BCUT2D eigenvalue weighted by Gasteiger charge is 2.44. The fourth-order valence-electron chi connectivity index (χ4n) is 4.42. The summed E-state index contributed by atoms with van der Waals surface area (Å²) in [7, 11) is -2.33. The van der Waals surface area contributed by atoms with E-state index in [-0.39, 0.29) is 23.9 Å². The summed E-state index contributed by atoms with van der Waals surface area (Å²) in [5, 5.41) is 24.4. The van der Waals surface area contributed by atoms with Gasteiger partial charge in [0.25, 0.3) is 0 Å². The SMILES string of the molecule is COC[C@H]1O[C@@H](n2cnc3c(NCCc4ccccc4)nc(CNS(=O)(=O)c4ccccc4)nc32)[C@H](O)[C@@H]1O. The molecular weight excluding hydrogens is 524 g/mol. The highest BCUT2D eigenvalue weighted by molar-refractivity contribution is 7.89. The molecule has 0 spiro atoms. The molecule has 3 heterocycles. The van der Waals surface area contributed by atoms with E-state index in [0.717, 1.165) is 12.0 Å². The number of aromatic nitrogens is 4. The number of anilines is 1. The summed E-state index contributed by atoms with van der Waals surface area (Å²) >= 11 is 0. The van der Waals surface area contributed by atoms with Gasteiger partial charge in [-0.15, -0.1) is 0 Å². The van der Waals surface area contributed by atoms with Crippen LogP contribution in [0.25, 0.3) is 11.2 Å². The molecule has 0 unspecified atom stereocenters. The molecule has 13 heteroatoms. The number of fused-ring (bicyclic) bond motifs is 1. The summed E-state index contributed by atoms with van der Waals surface area (Å²) in [5.74, 6) is 0.595. The molecule has 4 aromatic rings. The van der Waals surface area contributed by atoms with E-state index in [9.17, 15) is 18.6 Å². The molecule has 206 valence electrons. The molecule has 5 rings (SSSR count). The maximum atomic E-state index is 12.8. The third kappa shape index (κ3) is 5.93. The van der Waals surface area contributed by atoms with Crippen molar-refractivity contribution in [1.82, 2.24) is 24.2 Å². The second-order valence-corrected chi connectivity index (χ2v) is 10.9. The van der Waals surface area contributed by atoms with Crippen LogP contribution in [0, 0.1) is 0 Å². The van der Waals surface area contributed by atoms with Crippen molar-refractivity contribution in [2.24, 2.45) is 0 Å². The summed E-state index contributed by atoms with van der Waals surface area (Å²) < 4.78 is 40.6. The molecule has 0 radical (unpaired) electrons. The Morgan fingerprint density at radius 1 is 1.03 bits per heavy atom. The van der Waals surface area contributed by atoms with Gasteiger partial charge in [0.15, 0.2) is 23.2 Å². The molecule has 0 amide bonds. The average molecular weight is 555 g/mol. The zero-order valence-electron chi connectivity index (χ0n) is 21.2. The van der Waals surface area contributed by atoms with Gasteiger partial charge in [-0.3, -0.25) is 4.57 Å². The lowest BCUT2D eigenvalue weighted by atomic mass is 10.1. The molecule has 1 aliphatic heterocycles. The number of aliphatic hydroxyl groups is 2. The fourth-order valence-corrected chi connectivity index (χ4v) is 5.42. The lowest BCUT2D eigenvalue weighted by Crippen LogP contribution is -2.33. The van der Waals surface area contributed by atoms with Crippen LogP contribution in [0.5, 0.6) is 0 Å². The summed E-state index contributed by atoms with van der Waals surface area (Å²) in [5.41, 5.74) is 1.87. The van der Waals surface area contributed by atoms with Crippen LogP contribution in [0.3, 0.4) is 0 Å². The maximum Gasteiger partial charge on any atom is 0.240 e. The second-order valence-electron chi connectivity index (χ2n) is 9.11. The summed E-state index contributed by atoms with van der Waals surface area (Å²) in [6.45, 7) is 0.444. The monoisotopic (exact) mass is 554 g/mol. The van der Waals surface area contributed by atoms with Crippen LogP contribution >= 0.6 is 0 Å². The molecule has 0 bridgehead atoms. The van der Waals surface area contributed by atoms with Crippen molar-refractivity contribution in [2.75, 3.05) is 25.6 Å². The van der Waals surface area contributed by atoms with Crippen molar-refractivity contribution < 1.29 is 28.1 Å². The number of nitrogens with zero attached hydrogens (tertiary/aromatic N) is 4. The van der Waals surface area contributed by atoms with E-state index < -0.39 is 34.6 Å². The molecule has 12 nitrogen and oxygen atoms in total. The van der Waals surface area contributed by atoms with Crippen LogP contribution in [0.2, 0.25) is 0 Å². The molecule has 39 heavy (non-hydrogen) atoms. The number of benzene rings is 2. The first-order chi connectivity index (χ1) is 18.9. The van der Waals surface area contributed by atoms with Gasteiger partial charge < -0.3 is 25.0 Å². The Hall–Kier alpha value is -3.46. The van der Waals surface area contributed by atoms with Gasteiger partial charge in [0, 0.05) is 13.7 Å². The van der Waals surface area contributed by atoms with E-state index in [2.05, 4.69) is 25.0 Å². The Kier molecular flexibility index (Phi) is 8.16. The molecule has 2 aromatic heterocycles. The van der Waals surface area contributed by atoms with E-state index in [1.165, 1.54) is 30.1 Å². The normalized spacial score (nSPS) is 21.4. The number of imidazole rings is 1. The van der Waals surface area contributed by atoms with Crippen molar-refractivity contribution in [3.05, 3.63) is 78.4 Å². The predicted octanol–water partition coefficient (Wildman–Crippen LogP) is 1.22. The number of nitrogens with one attached hydrogen (secondary N) is 2. The first-order valence-electron chi connectivity index (χ1n) is 12.4. The van der Waals surface area contributed by atoms with E-state index in [0.29, 0.717) is 23.5 Å². The quantitative estimate of drug-likeness (QED) is 0.212. The molecule has 0 aliphatic carbocycles. The van der Waals surface area contributed by atoms with Crippen molar-refractivity contribution in [2.45, 2.75) is 42.4 Å². The molecule has 1 fully saturated rings. The van der Waals surface area contributed by atoms with Gasteiger partial charge in [0.05, 0.1) is 24.4 Å². The number of sulfonamides is 1. The first-order valence-corrected chi connectivity index (χ1v) is 13.9. The summed E-state index contributed by atoms with van der Waals surface area (Å²) in [4.78, 5) is 13.7. The Balaban J connectivity index is 1.45. The summed E-state index contributed by atoms with van der Waals surface area (Å²) in [6.07, 6.45) is -1.98. The Morgan fingerprint density at radius 3 is 2.46 bits per heavy atom. The van der Waals surface area contributed by atoms with Gasteiger partial charge in [-0.25, -0.2) is 28.1 Å². The minimum absolute atomic E-state index is 0.0924. The zero-order valence-corrected chi connectivity index (χ0v) is 22.0. The van der Waals surface area contributed by atoms with E-state index in [1.54, 1.807) is 18.2 Å². The number of aliphatic hydroxyl groups excluding tert-OH is 2. The van der Waals surface area contributed by atoms with Gasteiger partial charge in [-0.2, -0.15) is 0 Å².